The quantitative estimate of drug-likeness (QED) is 0.692. The first-order chi connectivity index (χ1) is 8.03. The third-order valence-electron chi connectivity index (χ3n) is 2.16. The second kappa shape index (κ2) is 7.05. The highest BCUT2D eigenvalue weighted by Gasteiger charge is 2.10. The van der Waals surface area contributed by atoms with Gasteiger partial charge in [0.15, 0.2) is 0 Å². The van der Waals surface area contributed by atoms with Crippen LogP contribution in [0.3, 0.4) is 0 Å². The maximum absolute atomic E-state index is 11.6. The molecule has 1 heterocycles. The molecule has 5 nitrogen and oxygen atoms in total. The Morgan fingerprint density at radius 1 is 1.47 bits per heavy atom. The second-order valence-corrected chi connectivity index (χ2v) is 6.69. The van der Waals surface area contributed by atoms with E-state index in [9.17, 15) is 8.42 Å². The van der Waals surface area contributed by atoms with Crippen LogP contribution in [-0.4, -0.2) is 32.2 Å². The molecule has 1 rings (SSSR count). The fourth-order valence-electron chi connectivity index (χ4n) is 1.31. The van der Waals surface area contributed by atoms with E-state index in [-0.39, 0.29) is 12.3 Å². The first-order valence-electron chi connectivity index (χ1n) is 5.62. The molecule has 0 saturated heterocycles. The summed E-state index contributed by atoms with van der Waals surface area (Å²) >= 11 is 1.52. The first kappa shape index (κ1) is 14.6. The summed E-state index contributed by atoms with van der Waals surface area (Å²) < 4.78 is 25.8. The van der Waals surface area contributed by atoms with Crippen LogP contribution in [0, 0.1) is 6.92 Å². The number of thiazole rings is 1. The molecule has 0 unspecified atom stereocenters. The molecule has 0 bridgehead atoms. The molecule has 2 N–H and O–H groups in total. The molecule has 7 heteroatoms. The average molecular weight is 277 g/mol. The third-order valence-corrected chi connectivity index (χ3v) is 4.39. The van der Waals surface area contributed by atoms with Gasteiger partial charge in [0.1, 0.15) is 0 Å². The van der Waals surface area contributed by atoms with Crippen LogP contribution in [0.2, 0.25) is 0 Å². The number of aryl methyl sites for hydroxylation is 1. The predicted octanol–water partition coefficient (Wildman–Crippen LogP) is 0.871. The van der Waals surface area contributed by atoms with E-state index in [0.717, 1.165) is 23.8 Å². The van der Waals surface area contributed by atoms with Crippen LogP contribution < -0.4 is 10.0 Å². The van der Waals surface area contributed by atoms with Crippen molar-refractivity contribution >= 4 is 21.4 Å². The fraction of sp³-hybridized carbons (Fsp3) is 0.700. The van der Waals surface area contributed by atoms with Crippen LogP contribution in [0.25, 0.3) is 0 Å². The summed E-state index contributed by atoms with van der Waals surface area (Å²) in [6.45, 7) is 5.78. The lowest BCUT2D eigenvalue weighted by Crippen LogP contribution is -2.28. The van der Waals surface area contributed by atoms with Gasteiger partial charge in [-0.3, -0.25) is 0 Å². The van der Waals surface area contributed by atoms with Crippen molar-refractivity contribution in [2.24, 2.45) is 0 Å². The smallest absolute Gasteiger partial charge is 0.211 e. The van der Waals surface area contributed by atoms with Crippen molar-refractivity contribution in [3.05, 3.63) is 16.1 Å². The Morgan fingerprint density at radius 3 is 2.82 bits per heavy atom. The summed E-state index contributed by atoms with van der Waals surface area (Å²) in [6, 6.07) is 0. The van der Waals surface area contributed by atoms with Crippen molar-refractivity contribution in [1.29, 1.82) is 0 Å². The molecule has 1 aromatic rings. The molecule has 0 aromatic carbocycles. The molecule has 0 spiro atoms. The van der Waals surface area contributed by atoms with Crippen molar-refractivity contribution in [2.75, 3.05) is 18.8 Å². The van der Waals surface area contributed by atoms with Gasteiger partial charge in [-0.05, 0) is 26.4 Å². The zero-order valence-corrected chi connectivity index (χ0v) is 11.8. The Bertz CT molecular complexity index is 429. The lowest BCUT2D eigenvalue weighted by molar-refractivity contribution is 0.575. The molecular weight excluding hydrogens is 258 g/mol. The highest BCUT2D eigenvalue weighted by atomic mass is 32.2. The van der Waals surface area contributed by atoms with Crippen LogP contribution in [-0.2, 0) is 16.6 Å². The highest BCUT2D eigenvalue weighted by molar-refractivity contribution is 7.89. The summed E-state index contributed by atoms with van der Waals surface area (Å²) in [5, 5.41) is 5.92. The maximum Gasteiger partial charge on any atom is 0.211 e. The Hall–Kier alpha value is -0.500. The van der Waals surface area contributed by atoms with E-state index in [1.807, 2.05) is 19.2 Å². The van der Waals surface area contributed by atoms with Gasteiger partial charge >= 0.3 is 0 Å². The van der Waals surface area contributed by atoms with E-state index in [2.05, 4.69) is 15.0 Å². The molecule has 0 radical (unpaired) electrons. The normalized spacial score (nSPS) is 11.9. The Balaban J connectivity index is 2.29. The number of hydrogen-bond donors (Lipinski definition) is 2. The van der Waals surface area contributed by atoms with Crippen molar-refractivity contribution in [3.8, 4) is 0 Å². The van der Waals surface area contributed by atoms with Crippen molar-refractivity contribution in [3.63, 3.8) is 0 Å². The SMILES string of the molecule is CCNCCCS(=O)(=O)NCc1csc(C)n1. The monoisotopic (exact) mass is 277 g/mol. The van der Waals surface area contributed by atoms with E-state index in [1.54, 1.807) is 0 Å². The molecule has 98 valence electrons. The largest absolute Gasteiger partial charge is 0.317 e. The van der Waals surface area contributed by atoms with Crippen molar-refractivity contribution in [1.82, 2.24) is 15.0 Å². The van der Waals surface area contributed by atoms with Crippen molar-refractivity contribution < 1.29 is 8.42 Å². The zero-order chi connectivity index (χ0) is 12.7. The minimum atomic E-state index is -3.18. The number of sulfonamides is 1. The van der Waals surface area contributed by atoms with Crippen LogP contribution in [0.4, 0.5) is 0 Å². The molecule has 0 atom stereocenters. The lowest BCUT2D eigenvalue weighted by atomic mass is 10.5. The van der Waals surface area contributed by atoms with Crippen LogP contribution in [0.15, 0.2) is 5.38 Å². The van der Waals surface area contributed by atoms with E-state index < -0.39 is 10.0 Å². The lowest BCUT2D eigenvalue weighted by Gasteiger charge is -2.05. The van der Waals surface area contributed by atoms with Crippen molar-refractivity contribution in [2.45, 2.75) is 26.8 Å². The van der Waals surface area contributed by atoms with Gasteiger partial charge in [-0.1, -0.05) is 6.92 Å². The minimum Gasteiger partial charge on any atom is -0.317 e. The summed E-state index contributed by atoms with van der Waals surface area (Å²) in [7, 11) is -3.18. The second-order valence-electron chi connectivity index (χ2n) is 3.70. The number of nitrogens with one attached hydrogen (secondary N) is 2. The fourth-order valence-corrected chi connectivity index (χ4v) is 2.96. The third kappa shape index (κ3) is 6.11. The van der Waals surface area contributed by atoms with Crippen LogP contribution >= 0.6 is 11.3 Å². The van der Waals surface area contributed by atoms with E-state index in [0.29, 0.717) is 6.42 Å². The molecule has 0 aliphatic rings. The molecule has 1 aromatic heterocycles. The summed E-state index contributed by atoms with van der Waals surface area (Å²) in [4.78, 5) is 4.20. The molecule has 0 fully saturated rings. The van der Waals surface area contributed by atoms with Gasteiger partial charge < -0.3 is 5.32 Å². The topological polar surface area (TPSA) is 71.1 Å². The summed E-state index contributed by atoms with van der Waals surface area (Å²) in [5.41, 5.74) is 0.780. The molecule has 17 heavy (non-hydrogen) atoms. The van der Waals surface area contributed by atoms with Gasteiger partial charge in [-0.2, -0.15) is 0 Å². The number of rotatable bonds is 8. The number of hydrogen-bond acceptors (Lipinski definition) is 5. The molecule has 0 aliphatic carbocycles. The summed E-state index contributed by atoms with van der Waals surface area (Å²) in [6.07, 6.45) is 0.624. The van der Waals surface area contributed by atoms with E-state index >= 15 is 0 Å². The number of aromatic nitrogens is 1. The minimum absolute atomic E-state index is 0.156. The highest BCUT2D eigenvalue weighted by Crippen LogP contribution is 2.07. The van der Waals surface area contributed by atoms with Gasteiger partial charge in [-0.25, -0.2) is 18.1 Å². The van der Waals surface area contributed by atoms with Gasteiger partial charge in [0.25, 0.3) is 0 Å². The van der Waals surface area contributed by atoms with E-state index in [4.69, 9.17) is 0 Å². The average Bonchev–Trinajstić information content (AvgIpc) is 2.68. The molecular formula is C10H19N3O2S2. The Kier molecular flexibility index (Phi) is 6.04. The Labute approximate surface area is 107 Å². The van der Waals surface area contributed by atoms with Gasteiger partial charge in [0, 0.05) is 5.38 Å². The number of nitrogens with zero attached hydrogens (tertiary/aromatic N) is 1. The predicted molar refractivity (Wildman–Crippen MR) is 70.6 cm³/mol. The molecule has 0 saturated carbocycles. The van der Waals surface area contributed by atoms with Crippen LogP contribution in [0.1, 0.15) is 24.0 Å². The van der Waals surface area contributed by atoms with E-state index in [1.165, 1.54) is 11.3 Å². The zero-order valence-electron chi connectivity index (χ0n) is 10.2. The van der Waals surface area contributed by atoms with Gasteiger partial charge in [0.05, 0.1) is 23.0 Å². The summed E-state index contributed by atoms with van der Waals surface area (Å²) in [5.74, 6) is 0.156. The maximum atomic E-state index is 11.6. The van der Waals surface area contributed by atoms with Crippen LogP contribution in [0.5, 0.6) is 0 Å². The first-order valence-corrected chi connectivity index (χ1v) is 8.16. The molecule has 0 amide bonds. The Morgan fingerprint density at radius 2 is 2.24 bits per heavy atom. The van der Waals surface area contributed by atoms with Gasteiger partial charge in [-0.15, -0.1) is 11.3 Å². The standard InChI is InChI=1S/C10H19N3O2S2/c1-3-11-5-4-6-17(14,15)12-7-10-8-16-9(2)13-10/h8,11-12H,3-7H2,1-2H3. The van der Waals surface area contributed by atoms with Gasteiger partial charge in [0.2, 0.25) is 10.0 Å². The molecule has 0 aliphatic heterocycles.